The predicted molar refractivity (Wildman–Crippen MR) is 85.7 cm³/mol. The van der Waals surface area contributed by atoms with Crippen molar-refractivity contribution in [1.82, 2.24) is 20.3 Å². The summed E-state index contributed by atoms with van der Waals surface area (Å²) in [4.78, 5) is 43.7. The summed E-state index contributed by atoms with van der Waals surface area (Å²) in [5, 5.41) is 11.7. The number of aromatic carboxylic acids is 1. The molecule has 0 saturated carbocycles. The Morgan fingerprint density at radius 1 is 1.21 bits per heavy atom. The lowest BCUT2D eigenvalue weighted by Crippen LogP contribution is -2.23. The lowest BCUT2D eigenvalue weighted by molar-refractivity contribution is 0.0696. The first-order valence-electron chi connectivity index (χ1n) is 6.93. The van der Waals surface area contributed by atoms with E-state index in [0.717, 1.165) is 5.56 Å². The van der Waals surface area contributed by atoms with Gasteiger partial charge in [0.2, 0.25) is 5.95 Å². The molecule has 122 valence electrons. The fourth-order valence-corrected chi connectivity index (χ4v) is 2.20. The third-order valence-electron chi connectivity index (χ3n) is 3.41. The molecule has 0 aliphatic carbocycles. The quantitative estimate of drug-likeness (QED) is 0.469. The molecule has 0 atom stereocenters. The molecule has 24 heavy (non-hydrogen) atoms. The minimum atomic E-state index is -1.01. The van der Waals surface area contributed by atoms with Crippen molar-refractivity contribution in [3.05, 3.63) is 57.5 Å². The van der Waals surface area contributed by atoms with Crippen molar-refractivity contribution in [3.63, 3.8) is 0 Å². The molecule has 3 rings (SSSR count). The van der Waals surface area contributed by atoms with Crippen LogP contribution in [0.3, 0.4) is 0 Å². The highest BCUT2D eigenvalue weighted by Gasteiger charge is 2.12. The predicted octanol–water partition coefficient (Wildman–Crippen LogP) is 0.462. The molecular formula is C15H13N5O4. The molecule has 0 fully saturated rings. The normalized spacial score (nSPS) is 10.7. The Morgan fingerprint density at radius 2 is 1.92 bits per heavy atom. The van der Waals surface area contributed by atoms with Crippen LogP contribution in [0.25, 0.3) is 11.0 Å². The zero-order valence-corrected chi connectivity index (χ0v) is 12.3. The highest BCUT2D eigenvalue weighted by Crippen LogP contribution is 2.10. The van der Waals surface area contributed by atoms with E-state index < -0.39 is 17.4 Å². The van der Waals surface area contributed by atoms with Gasteiger partial charge in [-0.15, -0.1) is 0 Å². The van der Waals surface area contributed by atoms with Gasteiger partial charge < -0.3 is 21.1 Å². The van der Waals surface area contributed by atoms with Crippen LogP contribution < -0.4 is 16.6 Å². The lowest BCUT2D eigenvalue weighted by Gasteiger charge is -2.04. The largest absolute Gasteiger partial charge is 0.478 e. The van der Waals surface area contributed by atoms with Gasteiger partial charge in [-0.05, 0) is 23.8 Å². The number of rotatable bonds is 4. The number of aromatic amines is 2. The van der Waals surface area contributed by atoms with Crippen LogP contribution in [0.4, 0.5) is 5.95 Å². The zero-order valence-electron chi connectivity index (χ0n) is 12.3. The molecule has 9 nitrogen and oxygen atoms in total. The minimum Gasteiger partial charge on any atom is -0.478 e. The van der Waals surface area contributed by atoms with E-state index in [9.17, 15) is 14.4 Å². The number of nitrogens with two attached hydrogens (primary N) is 1. The summed E-state index contributed by atoms with van der Waals surface area (Å²) in [7, 11) is 0. The Kier molecular flexibility index (Phi) is 3.74. The number of H-pyrrole nitrogens is 2. The first-order valence-corrected chi connectivity index (χ1v) is 6.93. The van der Waals surface area contributed by atoms with Gasteiger partial charge in [0, 0.05) is 6.54 Å². The number of amides is 1. The Bertz CT molecular complexity index is 987. The topological polar surface area (TPSA) is 154 Å². The van der Waals surface area contributed by atoms with Crippen LogP contribution in [-0.4, -0.2) is 31.9 Å². The minimum absolute atomic E-state index is 0.0418. The summed E-state index contributed by atoms with van der Waals surface area (Å²) in [6.45, 7) is 0.208. The second kappa shape index (κ2) is 5.88. The highest BCUT2D eigenvalue weighted by molar-refractivity contribution is 5.97. The molecule has 2 heterocycles. The van der Waals surface area contributed by atoms with Crippen molar-refractivity contribution in [2.75, 3.05) is 5.73 Å². The van der Waals surface area contributed by atoms with E-state index in [4.69, 9.17) is 10.8 Å². The first-order chi connectivity index (χ1) is 11.4. The molecule has 0 saturated heterocycles. The van der Waals surface area contributed by atoms with E-state index >= 15 is 0 Å². The number of aromatic nitrogens is 3. The van der Waals surface area contributed by atoms with Crippen molar-refractivity contribution < 1.29 is 14.7 Å². The molecule has 2 aromatic heterocycles. The van der Waals surface area contributed by atoms with Crippen molar-refractivity contribution in [2.45, 2.75) is 6.54 Å². The SMILES string of the molecule is Nc1nc2[nH]c(C(=O)NCc3ccc(C(=O)O)cc3)cc2c(=O)[nH]1. The van der Waals surface area contributed by atoms with Crippen molar-refractivity contribution in [2.24, 2.45) is 0 Å². The fourth-order valence-electron chi connectivity index (χ4n) is 2.20. The third kappa shape index (κ3) is 2.95. The number of nitrogen functional groups attached to an aromatic ring is 1. The second-order valence-corrected chi connectivity index (χ2v) is 5.08. The number of benzene rings is 1. The molecule has 0 radical (unpaired) electrons. The monoisotopic (exact) mass is 327 g/mol. The molecule has 0 aliphatic heterocycles. The van der Waals surface area contributed by atoms with Crippen molar-refractivity contribution >= 4 is 28.9 Å². The number of hydrogen-bond acceptors (Lipinski definition) is 5. The van der Waals surface area contributed by atoms with E-state index in [2.05, 4.69) is 20.3 Å². The van der Waals surface area contributed by atoms with Gasteiger partial charge >= 0.3 is 5.97 Å². The molecule has 0 spiro atoms. The maximum atomic E-state index is 12.2. The molecule has 6 N–H and O–H groups in total. The van der Waals surface area contributed by atoms with Gasteiger partial charge in [0.25, 0.3) is 11.5 Å². The number of fused-ring (bicyclic) bond motifs is 1. The number of carbonyl (C=O) groups excluding carboxylic acids is 1. The van der Waals surface area contributed by atoms with Gasteiger partial charge in [-0.25, -0.2) is 4.79 Å². The maximum absolute atomic E-state index is 12.2. The van der Waals surface area contributed by atoms with Gasteiger partial charge in [0.05, 0.1) is 10.9 Å². The number of carboxylic acids is 1. The first kappa shape index (κ1) is 15.3. The second-order valence-electron chi connectivity index (χ2n) is 5.08. The molecule has 3 aromatic rings. The van der Waals surface area contributed by atoms with Crippen LogP contribution in [0.1, 0.15) is 26.4 Å². The average Bonchev–Trinajstić information content (AvgIpc) is 2.97. The van der Waals surface area contributed by atoms with E-state index in [0.29, 0.717) is 0 Å². The Labute approximate surface area is 134 Å². The number of anilines is 1. The lowest BCUT2D eigenvalue weighted by atomic mass is 10.1. The average molecular weight is 327 g/mol. The number of carbonyl (C=O) groups is 2. The zero-order chi connectivity index (χ0) is 17.3. The molecule has 0 bridgehead atoms. The van der Waals surface area contributed by atoms with Crippen LogP contribution in [0.5, 0.6) is 0 Å². The smallest absolute Gasteiger partial charge is 0.335 e. The fraction of sp³-hybridized carbons (Fsp3) is 0.0667. The van der Waals surface area contributed by atoms with Crippen LogP contribution in [-0.2, 0) is 6.54 Å². The van der Waals surface area contributed by atoms with Gasteiger partial charge in [0.1, 0.15) is 11.3 Å². The van der Waals surface area contributed by atoms with Crippen LogP contribution in [0.15, 0.2) is 35.1 Å². The molecule has 1 amide bonds. The van der Waals surface area contributed by atoms with E-state index in [1.165, 1.54) is 18.2 Å². The summed E-state index contributed by atoms with van der Waals surface area (Å²) in [6.07, 6.45) is 0. The van der Waals surface area contributed by atoms with E-state index in [1.54, 1.807) is 12.1 Å². The molecular weight excluding hydrogens is 314 g/mol. The highest BCUT2D eigenvalue weighted by atomic mass is 16.4. The molecule has 0 unspecified atom stereocenters. The van der Waals surface area contributed by atoms with Crippen molar-refractivity contribution in [1.29, 1.82) is 0 Å². The summed E-state index contributed by atoms with van der Waals surface area (Å²) in [5.41, 5.74) is 6.33. The Balaban J connectivity index is 1.74. The summed E-state index contributed by atoms with van der Waals surface area (Å²) in [5.74, 6) is -1.48. The van der Waals surface area contributed by atoms with E-state index in [-0.39, 0.29) is 34.8 Å². The van der Waals surface area contributed by atoms with Crippen molar-refractivity contribution in [3.8, 4) is 0 Å². The standard InChI is InChI=1S/C15H13N5O4/c16-15-19-11-9(12(21)20-15)5-10(18-11)13(22)17-6-7-1-3-8(4-2-7)14(23)24/h1-5H,6H2,(H,17,22)(H,23,24)(H4,16,18,19,20,21). The van der Waals surface area contributed by atoms with Crippen LogP contribution in [0, 0.1) is 0 Å². The number of nitrogens with zero attached hydrogens (tertiary/aromatic N) is 1. The number of carboxylic acid groups (broad SMARTS) is 1. The molecule has 9 heteroatoms. The summed E-state index contributed by atoms with van der Waals surface area (Å²) < 4.78 is 0. The van der Waals surface area contributed by atoms with Gasteiger partial charge in [0.15, 0.2) is 0 Å². The summed E-state index contributed by atoms with van der Waals surface area (Å²) >= 11 is 0. The van der Waals surface area contributed by atoms with Gasteiger partial charge in [-0.2, -0.15) is 4.98 Å². The van der Waals surface area contributed by atoms with Gasteiger partial charge in [-0.3, -0.25) is 14.6 Å². The maximum Gasteiger partial charge on any atom is 0.335 e. The Hall–Kier alpha value is -3.62. The third-order valence-corrected chi connectivity index (χ3v) is 3.41. The van der Waals surface area contributed by atoms with Crippen LogP contribution in [0.2, 0.25) is 0 Å². The molecule has 0 aliphatic rings. The molecule has 1 aromatic carbocycles. The summed E-state index contributed by atoms with van der Waals surface area (Å²) in [6, 6.07) is 7.53. The number of nitrogens with one attached hydrogen (secondary N) is 3. The Morgan fingerprint density at radius 3 is 2.58 bits per heavy atom. The van der Waals surface area contributed by atoms with Gasteiger partial charge in [-0.1, -0.05) is 12.1 Å². The van der Waals surface area contributed by atoms with Crippen LogP contribution >= 0.6 is 0 Å². The number of hydrogen-bond donors (Lipinski definition) is 5. The van der Waals surface area contributed by atoms with E-state index in [1.807, 2.05) is 0 Å².